The Labute approximate surface area is 478 Å². The SMILES string of the molecule is CO[C@@H]1[C@H](OC(=O)NCC(=O)N[C@@H](CCCNC(N)=O)C(=O)NCC(=O)N[C@@H](CC(=O)O)C(=O)N[C@@H](Cc2ccc(CO)cc2)C(=O)N[C@@H](CCCNC(N)=O)C(=O)N[C@@H](CCC(=O)O)C(N)=O)CC[C@]2(CO2)[C@H]1[C@@]1(C)O[C@@H]1CCC(C)C. The number of hydrogen-bond acceptors (Lipinski definition) is 17. The molecule has 1 aliphatic carbocycles. The van der Waals surface area contributed by atoms with E-state index >= 15 is 0 Å². The summed E-state index contributed by atoms with van der Waals surface area (Å²) < 4.78 is 24.0. The van der Waals surface area contributed by atoms with Gasteiger partial charge in [0.05, 0.1) is 38.2 Å². The van der Waals surface area contributed by atoms with Crippen molar-refractivity contribution in [1.82, 2.24) is 47.9 Å². The van der Waals surface area contributed by atoms with Crippen molar-refractivity contribution in [2.45, 2.75) is 164 Å². The van der Waals surface area contributed by atoms with Crippen LogP contribution in [-0.4, -0.2) is 186 Å². The van der Waals surface area contributed by atoms with Crippen molar-refractivity contribution >= 4 is 71.4 Å². The molecule has 3 aliphatic rings. The maximum Gasteiger partial charge on any atom is 0.407 e. The van der Waals surface area contributed by atoms with Crippen LogP contribution < -0.4 is 65.1 Å². The molecule has 11 atom stereocenters. The molecule has 3 fully saturated rings. The summed E-state index contributed by atoms with van der Waals surface area (Å²) in [7, 11) is 1.52. The number of aliphatic hydroxyl groups is 1. The lowest BCUT2D eigenvalue weighted by atomic mass is 9.68. The predicted octanol–water partition coefficient (Wildman–Crippen LogP) is -3.13. The molecule has 462 valence electrons. The highest BCUT2D eigenvalue weighted by Gasteiger charge is 2.72. The van der Waals surface area contributed by atoms with E-state index in [1.165, 1.54) is 31.4 Å². The van der Waals surface area contributed by atoms with Gasteiger partial charge in [0.2, 0.25) is 41.4 Å². The molecule has 2 saturated heterocycles. The van der Waals surface area contributed by atoms with Crippen LogP contribution in [0.25, 0.3) is 0 Å². The van der Waals surface area contributed by atoms with Crippen molar-refractivity contribution < 1.29 is 91.8 Å². The molecule has 1 aromatic carbocycles. The van der Waals surface area contributed by atoms with Crippen LogP contribution in [0.1, 0.15) is 103 Å². The first-order valence-corrected chi connectivity index (χ1v) is 27.2. The van der Waals surface area contributed by atoms with Crippen LogP contribution in [0.2, 0.25) is 0 Å². The van der Waals surface area contributed by atoms with Crippen molar-refractivity contribution in [2.24, 2.45) is 29.0 Å². The maximum atomic E-state index is 14.1. The van der Waals surface area contributed by atoms with E-state index in [1.54, 1.807) is 0 Å². The molecule has 31 nitrogen and oxygen atoms in total. The summed E-state index contributed by atoms with van der Waals surface area (Å²) in [6.45, 7) is 4.74. The maximum absolute atomic E-state index is 14.1. The molecule has 4 rings (SSSR count). The fraction of sp³-hybridized carbons (Fsp3) is 0.654. The molecular weight excluding hydrogens is 1100 g/mol. The number of amides is 12. The molecule has 0 unspecified atom stereocenters. The van der Waals surface area contributed by atoms with Gasteiger partial charge in [-0.1, -0.05) is 38.1 Å². The number of nitrogens with one attached hydrogen (secondary N) is 9. The number of carbonyl (C=O) groups is 12. The van der Waals surface area contributed by atoms with Crippen LogP contribution in [0.3, 0.4) is 0 Å². The van der Waals surface area contributed by atoms with Gasteiger partial charge in [-0.25, -0.2) is 14.4 Å². The first-order valence-electron chi connectivity index (χ1n) is 27.2. The molecule has 1 aromatic rings. The molecule has 2 heterocycles. The second kappa shape index (κ2) is 32.1. The third-order valence-corrected chi connectivity index (χ3v) is 14.4. The number of epoxide rings is 2. The number of hydrogen-bond donors (Lipinski definition) is 15. The highest BCUT2D eigenvalue weighted by Crippen LogP contribution is 2.59. The van der Waals surface area contributed by atoms with Gasteiger partial charge in [-0.05, 0) is 81.8 Å². The Bertz CT molecular complexity index is 2480. The fourth-order valence-electron chi connectivity index (χ4n) is 9.94. The lowest BCUT2D eigenvalue weighted by Gasteiger charge is -2.42. The number of aliphatic hydroxyl groups excluding tert-OH is 1. The zero-order valence-corrected chi connectivity index (χ0v) is 46.9. The van der Waals surface area contributed by atoms with Gasteiger partial charge in [0.25, 0.3) is 0 Å². The third kappa shape index (κ3) is 22.1. The van der Waals surface area contributed by atoms with Crippen LogP contribution in [-0.2, 0) is 75.1 Å². The zero-order chi connectivity index (χ0) is 61.6. The van der Waals surface area contributed by atoms with E-state index in [2.05, 4.69) is 61.7 Å². The average Bonchev–Trinajstić information content (AvgIpc) is 1.57. The second-order valence-electron chi connectivity index (χ2n) is 21.2. The topological polar surface area (TPSA) is 495 Å². The molecule has 1 saturated carbocycles. The van der Waals surface area contributed by atoms with E-state index in [4.69, 9.17) is 41.3 Å². The number of carboxylic acids is 2. The van der Waals surface area contributed by atoms with Gasteiger partial charge in [0, 0.05) is 33.0 Å². The van der Waals surface area contributed by atoms with Gasteiger partial charge >= 0.3 is 30.1 Å². The largest absolute Gasteiger partial charge is 0.481 e. The number of carboxylic acid groups (broad SMARTS) is 2. The summed E-state index contributed by atoms with van der Waals surface area (Å²) in [4.78, 5) is 153. The van der Waals surface area contributed by atoms with Crippen LogP contribution >= 0.6 is 0 Å². The standard InChI is InChI=1S/C52H80N12O19/c1-27(2)9-15-36-51(3,83-36)42-41(80-4)35(17-18-52(42)26-81-52)82-50(79)59-24-38(67)60-31(7-5-19-56-48(54)77)44(73)58-23-37(66)61-34(22-40(70)71)47(76)64-33(21-28-10-12-29(25-65)13-11-28)46(75)63-32(8-6-20-57-49(55)78)45(74)62-30(43(53)72)14-16-39(68)69/h10-13,27,30-36,41-42,65H,5-9,14-26H2,1-4H3,(H2,53,72)(H,58,73)(H,59,79)(H,60,67)(H,61,66)(H,62,74)(H,63,75)(H,64,76)(H,68,69)(H,70,71)(H3,54,56,77)(H3,55,57,78)/t30-,31-,32-,33-,34-,35+,36+,41+,42+,51-,52-/m0/s1. The van der Waals surface area contributed by atoms with Crippen molar-refractivity contribution in [3.8, 4) is 0 Å². The quantitative estimate of drug-likeness (QED) is 0.0233. The Hall–Kier alpha value is -7.90. The van der Waals surface area contributed by atoms with E-state index in [0.29, 0.717) is 36.5 Å². The van der Waals surface area contributed by atoms with Gasteiger partial charge in [0.15, 0.2) is 0 Å². The van der Waals surface area contributed by atoms with E-state index in [0.717, 1.165) is 12.8 Å². The number of aliphatic carboxylic acids is 2. The average molecular weight is 1180 g/mol. The Morgan fingerprint density at radius 1 is 0.675 bits per heavy atom. The van der Waals surface area contributed by atoms with E-state index in [1.807, 2.05) is 6.92 Å². The predicted molar refractivity (Wildman–Crippen MR) is 289 cm³/mol. The molecular formula is C52H80N12O19. The molecule has 12 amide bonds. The second-order valence-corrected chi connectivity index (χ2v) is 21.2. The van der Waals surface area contributed by atoms with Gasteiger partial charge in [-0.3, -0.25) is 43.2 Å². The monoisotopic (exact) mass is 1180 g/mol. The summed E-state index contributed by atoms with van der Waals surface area (Å²) in [5.41, 5.74) is 15.5. The molecule has 0 aromatic heterocycles. The van der Waals surface area contributed by atoms with Crippen molar-refractivity contribution in [3.63, 3.8) is 0 Å². The minimum absolute atomic E-state index is 0.00207. The van der Waals surface area contributed by atoms with Crippen LogP contribution in [0, 0.1) is 11.8 Å². The summed E-state index contributed by atoms with van der Waals surface area (Å²) in [5.74, 6) is -10.0. The normalized spacial score (nSPS) is 22.1. The lowest BCUT2D eigenvalue weighted by Crippen LogP contribution is -2.59. The number of primary amides is 3. The van der Waals surface area contributed by atoms with Gasteiger partial charge in [-0.2, -0.15) is 0 Å². The number of nitrogens with two attached hydrogens (primary N) is 3. The number of benzene rings is 1. The van der Waals surface area contributed by atoms with E-state index < -0.39 is 157 Å². The Morgan fingerprint density at radius 2 is 1.20 bits per heavy atom. The number of carbonyl (C=O) groups excluding carboxylic acids is 10. The number of methoxy groups -OCH3 is 1. The van der Waals surface area contributed by atoms with Gasteiger partial charge in [-0.15, -0.1) is 0 Å². The minimum Gasteiger partial charge on any atom is -0.481 e. The number of urea groups is 2. The van der Waals surface area contributed by atoms with Crippen molar-refractivity contribution in [2.75, 3.05) is 39.9 Å². The Kier molecular flexibility index (Phi) is 26.1. The summed E-state index contributed by atoms with van der Waals surface area (Å²) in [6.07, 6.45) is -2.23. The fourth-order valence-corrected chi connectivity index (χ4v) is 9.94. The highest BCUT2D eigenvalue weighted by atomic mass is 16.6. The van der Waals surface area contributed by atoms with Crippen LogP contribution in [0.5, 0.6) is 0 Å². The molecule has 0 bridgehead atoms. The van der Waals surface area contributed by atoms with Crippen molar-refractivity contribution in [1.29, 1.82) is 0 Å². The summed E-state index contributed by atoms with van der Waals surface area (Å²) in [5, 5.41) is 49.7. The first kappa shape index (κ1) is 67.6. The van der Waals surface area contributed by atoms with Gasteiger partial charge in [0.1, 0.15) is 60.2 Å². The van der Waals surface area contributed by atoms with Crippen molar-refractivity contribution in [3.05, 3.63) is 35.4 Å². The summed E-state index contributed by atoms with van der Waals surface area (Å²) in [6, 6.07) is -3.76. The molecule has 83 heavy (non-hydrogen) atoms. The number of rotatable bonds is 36. The lowest BCUT2D eigenvalue weighted by molar-refractivity contribution is -0.141. The molecule has 31 heteroatoms. The molecule has 1 spiro atoms. The van der Waals surface area contributed by atoms with Crippen LogP contribution in [0.4, 0.5) is 14.4 Å². The number of alkyl carbamates (subject to hydrolysis) is 1. The molecule has 18 N–H and O–H groups in total. The molecule has 2 aliphatic heterocycles. The smallest absolute Gasteiger partial charge is 0.407 e. The highest BCUT2D eigenvalue weighted by molar-refractivity contribution is 5.97. The minimum atomic E-state index is -1.92. The summed E-state index contributed by atoms with van der Waals surface area (Å²) >= 11 is 0. The van der Waals surface area contributed by atoms with Crippen LogP contribution in [0.15, 0.2) is 24.3 Å². The Balaban J connectivity index is 1.43. The zero-order valence-electron chi connectivity index (χ0n) is 46.9. The van der Waals surface area contributed by atoms with E-state index in [9.17, 15) is 67.7 Å². The third-order valence-electron chi connectivity index (χ3n) is 14.4. The number of ether oxygens (including phenoxy) is 4. The first-order chi connectivity index (χ1) is 39.2. The molecule has 0 radical (unpaired) electrons. The van der Waals surface area contributed by atoms with E-state index in [-0.39, 0.29) is 63.8 Å². The Morgan fingerprint density at radius 3 is 1.73 bits per heavy atom. The van der Waals surface area contributed by atoms with Gasteiger partial charge < -0.3 is 99.3 Å².